The Morgan fingerprint density at radius 2 is 0.789 bits per heavy atom. The normalized spacial score (nSPS) is 10.6. The molecule has 0 aromatic heterocycles. The number of rotatable bonds is 2. The van der Waals surface area contributed by atoms with E-state index < -0.39 is 0 Å². The van der Waals surface area contributed by atoms with Crippen LogP contribution >= 0.6 is 95.6 Å². The molecule has 0 spiro atoms. The van der Waals surface area contributed by atoms with Crippen molar-refractivity contribution in [1.29, 1.82) is 0 Å². The third kappa shape index (κ3) is 4.07. The fourth-order valence-corrected chi connectivity index (χ4v) is 4.08. The number of hydrogen-bond acceptors (Lipinski definition) is 1. The lowest BCUT2D eigenvalue weighted by Gasteiger charge is -2.12. The maximum absolute atomic E-state index is 5.92. The highest BCUT2D eigenvalue weighted by molar-refractivity contribution is 9.13. The van der Waals surface area contributed by atoms with E-state index in [0.717, 1.165) is 38.3 Å². The Labute approximate surface area is 161 Å². The molecular formula is C12H4Br6O. The Hall–Kier alpha value is 1.12. The van der Waals surface area contributed by atoms with Gasteiger partial charge in [-0.3, -0.25) is 0 Å². The highest BCUT2D eigenvalue weighted by Gasteiger charge is 2.11. The van der Waals surface area contributed by atoms with Crippen LogP contribution < -0.4 is 4.74 Å². The first kappa shape index (κ1) is 16.5. The summed E-state index contributed by atoms with van der Waals surface area (Å²) in [6, 6.07) is 7.66. The van der Waals surface area contributed by atoms with Crippen LogP contribution in [0.5, 0.6) is 11.5 Å². The van der Waals surface area contributed by atoms with Crippen molar-refractivity contribution in [2.45, 2.75) is 0 Å². The van der Waals surface area contributed by atoms with Gasteiger partial charge in [-0.15, -0.1) is 0 Å². The van der Waals surface area contributed by atoms with Gasteiger partial charge in [0.25, 0.3) is 0 Å². The van der Waals surface area contributed by atoms with E-state index in [1.54, 1.807) is 0 Å². The molecule has 0 fully saturated rings. The first-order valence-electron chi connectivity index (χ1n) is 4.85. The third-order valence-corrected chi connectivity index (χ3v) is 7.10. The Bertz CT molecular complexity index is 585. The quantitative estimate of drug-likeness (QED) is 0.301. The molecule has 2 rings (SSSR count). The molecule has 2 aromatic rings. The first-order chi connectivity index (χ1) is 8.88. The van der Waals surface area contributed by atoms with Gasteiger partial charge in [-0.1, -0.05) is 0 Å². The average molecular weight is 644 g/mol. The lowest BCUT2D eigenvalue weighted by Crippen LogP contribution is -1.88. The van der Waals surface area contributed by atoms with Crippen LogP contribution in [0.3, 0.4) is 0 Å². The average Bonchev–Trinajstić information content (AvgIpc) is 2.32. The molecule has 0 bridgehead atoms. The van der Waals surface area contributed by atoms with Crippen molar-refractivity contribution in [2.75, 3.05) is 0 Å². The van der Waals surface area contributed by atoms with Crippen LogP contribution in [0.2, 0.25) is 0 Å². The highest BCUT2D eigenvalue weighted by Crippen LogP contribution is 2.41. The molecule has 0 radical (unpaired) electrons. The molecule has 0 amide bonds. The molecule has 0 N–H and O–H groups in total. The summed E-state index contributed by atoms with van der Waals surface area (Å²) in [5.41, 5.74) is 0. The van der Waals surface area contributed by atoms with Crippen molar-refractivity contribution >= 4 is 95.6 Å². The van der Waals surface area contributed by atoms with Crippen LogP contribution in [0.15, 0.2) is 51.1 Å². The van der Waals surface area contributed by atoms with Crippen molar-refractivity contribution in [2.24, 2.45) is 0 Å². The van der Waals surface area contributed by atoms with Crippen LogP contribution in [0, 0.1) is 0 Å². The zero-order valence-electron chi connectivity index (χ0n) is 8.99. The topological polar surface area (TPSA) is 9.23 Å². The van der Waals surface area contributed by atoms with Crippen molar-refractivity contribution < 1.29 is 4.74 Å². The van der Waals surface area contributed by atoms with E-state index in [4.69, 9.17) is 4.74 Å². The summed E-state index contributed by atoms with van der Waals surface area (Å²) in [5, 5.41) is 0. The third-order valence-electron chi connectivity index (χ3n) is 2.17. The van der Waals surface area contributed by atoms with E-state index in [-0.39, 0.29) is 0 Å². The zero-order chi connectivity index (χ0) is 14.2. The molecule has 0 aliphatic rings. The fourth-order valence-electron chi connectivity index (χ4n) is 1.28. The Morgan fingerprint density at radius 3 is 1.16 bits per heavy atom. The second-order valence-electron chi connectivity index (χ2n) is 3.50. The van der Waals surface area contributed by atoms with Crippen molar-refractivity contribution in [1.82, 2.24) is 0 Å². The lowest BCUT2D eigenvalue weighted by atomic mass is 10.3. The van der Waals surface area contributed by atoms with Gasteiger partial charge in [0.1, 0.15) is 11.5 Å². The molecule has 0 unspecified atom stereocenters. The van der Waals surface area contributed by atoms with E-state index in [0.29, 0.717) is 0 Å². The SMILES string of the molecule is Brc1cc(Br)c(Oc2cc(Br)c(Br)cc2Br)cc1Br. The molecule has 7 heteroatoms. The summed E-state index contributed by atoms with van der Waals surface area (Å²) >= 11 is 20.8. The van der Waals surface area contributed by atoms with Crippen molar-refractivity contribution in [3.05, 3.63) is 51.1 Å². The van der Waals surface area contributed by atoms with E-state index >= 15 is 0 Å². The molecule has 1 nitrogen and oxygen atoms in total. The van der Waals surface area contributed by atoms with Crippen molar-refractivity contribution in [3.63, 3.8) is 0 Å². The predicted octanol–water partition coefficient (Wildman–Crippen LogP) is 8.05. The van der Waals surface area contributed by atoms with Crippen LogP contribution in [0.4, 0.5) is 0 Å². The molecule has 0 aliphatic carbocycles. The molecule has 0 atom stereocenters. The molecule has 0 aliphatic heterocycles. The predicted molar refractivity (Wildman–Crippen MR) is 99.2 cm³/mol. The molecular weight excluding hydrogens is 640 g/mol. The van der Waals surface area contributed by atoms with Crippen molar-refractivity contribution in [3.8, 4) is 11.5 Å². The summed E-state index contributed by atoms with van der Waals surface area (Å²) in [4.78, 5) is 0. The monoisotopic (exact) mass is 638 g/mol. The Morgan fingerprint density at radius 1 is 0.474 bits per heavy atom. The summed E-state index contributed by atoms with van der Waals surface area (Å²) < 4.78 is 11.4. The minimum atomic E-state index is 0.727. The second kappa shape index (κ2) is 6.92. The lowest BCUT2D eigenvalue weighted by molar-refractivity contribution is 0.475. The largest absolute Gasteiger partial charge is 0.455 e. The molecule has 100 valence electrons. The van der Waals surface area contributed by atoms with Gasteiger partial charge < -0.3 is 4.74 Å². The summed E-state index contributed by atoms with van der Waals surface area (Å²) in [7, 11) is 0. The molecule has 0 saturated heterocycles. The highest BCUT2D eigenvalue weighted by atomic mass is 79.9. The summed E-state index contributed by atoms with van der Waals surface area (Å²) in [6.45, 7) is 0. The zero-order valence-corrected chi connectivity index (χ0v) is 18.5. The number of halogens is 6. The van der Waals surface area contributed by atoms with Gasteiger partial charge in [-0.25, -0.2) is 0 Å². The Kier molecular flexibility index (Phi) is 6.01. The van der Waals surface area contributed by atoms with Crippen LogP contribution in [-0.2, 0) is 0 Å². The van der Waals surface area contributed by atoms with Crippen LogP contribution in [0.25, 0.3) is 0 Å². The summed E-state index contributed by atoms with van der Waals surface area (Å²) in [6.07, 6.45) is 0. The smallest absolute Gasteiger partial charge is 0.142 e. The molecule has 2 aromatic carbocycles. The maximum atomic E-state index is 5.92. The van der Waals surface area contributed by atoms with Crippen LogP contribution in [0.1, 0.15) is 0 Å². The standard InChI is InChI=1S/C12H4Br6O/c13-5-1-9(17)11(3-7(5)15)19-12-4-8(16)6(14)2-10(12)18/h1-4H. The minimum absolute atomic E-state index is 0.727. The second-order valence-corrected chi connectivity index (χ2v) is 8.62. The first-order valence-corrected chi connectivity index (χ1v) is 9.61. The van der Waals surface area contributed by atoms with Gasteiger partial charge in [-0.05, 0) is 120 Å². The van der Waals surface area contributed by atoms with Gasteiger partial charge in [0.05, 0.1) is 8.95 Å². The van der Waals surface area contributed by atoms with Gasteiger partial charge in [-0.2, -0.15) is 0 Å². The van der Waals surface area contributed by atoms with Gasteiger partial charge in [0, 0.05) is 17.9 Å². The van der Waals surface area contributed by atoms with Gasteiger partial charge >= 0.3 is 0 Å². The molecule has 19 heavy (non-hydrogen) atoms. The molecule has 0 heterocycles. The van der Waals surface area contributed by atoms with Gasteiger partial charge in [0.2, 0.25) is 0 Å². The Balaban J connectivity index is 2.42. The maximum Gasteiger partial charge on any atom is 0.142 e. The summed E-state index contributed by atoms with van der Waals surface area (Å²) in [5.74, 6) is 1.45. The number of benzene rings is 2. The fraction of sp³-hybridized carbons (Fsp3) is 0. The number of ether oxygens (including phenoxy) is 1. The van der Waals surface area contributed by atoms with E-state index in [1.807, 2.05) is 24.3 Å². The van der Waals surface area contributed by atoms with E-state index in [1.165, 1.54) is 0 Å². The minimum Gasteiger partial charge on any atom is -0.455 e. The van der Waals surface area contributed by atoms with E-state index in [2.05, 4.69) is 95.6 Å². The molecule has 0 saturated carbocycles. The van der Waals surface area contributed by atoms with Crippen LogP contribution in [-0.4, -0.2) is 0 Å². The van der Waals surface area contributed by atoms with Gasteiger partial charge in [0.15, 0.2) is 0 Å². The number of hydrogen-bond donors (Lipinski definition) is 0. The van der Waals surface area contributed by atoms with E-state index in [9.17, 15) is 0 Å².